The second-order valence-electron chi connectivity index (χ2n) is 5.06. The predicted molar refractivity (Wildman–Crippen MR) is 88.6 cm³/mol. The van der Waals surface area contributed by atoms with Crippen LogP contribution in [0.2, 0.25) is 0 Å². The molecule has 0 fully saturated rings. The highest BCUT2D eigenvalue weighted by Crippen LogP contribution is 2.14. The molecule has 4 nitrogen and oxygen atoms in total. The van der Waals surface area contributed by atoms with Gasteiger partial charge in [0.2, 0.25) is 0 Å². The van der Waals surface area contributed by atoms with Gasteiger partial charge in [-0.1, -0.05) is 37.3 Å². The van der Waals surface area contributed by atoms with Crippen molar-refractivity contribution in [1.82, 2.24) is 0 Å². The molecule has 0 bridgehead atoms. The van der Waals surface area contributed by atoms with Crippen LogP contribution in [0.4, 0.5) is 0 Å². The number of benzene rings is 2. The molecule has 2 aromatic rings. The summed E-state index contributed by atoms with van der Waals surface area (Å²) < 4.78 is 16.3. The van der Waals surface area contributed by atoms with E-state index in [2.05, 4.69) is 6.92 Å². The summed E-state index contributed by atoms with van der Waals surface area (Å²) in [5.74, 6) is 0.411. The Morgan fingerprint density at radius 2 is 1.70 bits per heavy atom. The summed E-state index contributed by atoms with van der Waals surface area (Å²) in [6, 6.07) is 16.8. The highest BCUT2D eigenvalue weighted by molar-refractivity contribution is 5.89. The van der Waals surface area contributed by atoms with Crippen LogP contribution in [0.1, 0.15) is 29.8 Å². The van der Waals surface area contributed by atoms with E-state index in [1.807, 2.05) is 37.3 Å². The van der Waals surface area contributed by atoms with Crippen molar-refractivity contribution in [3.8, 4) is 5.75 Å². The van der Waals surface area contributed by atoms with Crippen LogP contribution in [0.15, 0.2) is 54.6 Å². The first-order chi connectivity index (χ1) is 11.2. The van der Waals surface area contributed by atoms with E-state index in [1.54, 1.807) is 24.3 Å². The molecule has 0 saturated carbocycles. The smallest absolute Gasteiger partial charge is 0.338 e. The zero-order valence-corrected chi connectivity index (χ0v) is 13.5. The molecule has 23 heavy (non-hydrogen) atoms. The Labute approximate surface area is 137 Å². The second-order valence-corrected chi connectivity index (χ2v) is 5.06. The molecule has 0 amide bonds. The van der Waals surface area contributed by atoms with E-state index in [1.165, 1.54) is 5.56 Å². The number of carbonyl (C=O) groups is 1. The minimum Gasteiger partial charge on any atom is -0.465 e. The van der Waals surface area contributed by atoms with Gasteiger partial charge in [-0.15, -0.1) is 0 Å². The molecule has 1 unspecified atom stereocenters. The molecule has 2 aromatic carbocycles. The molecule has 0 radical (unpaired) electrons. The number of aryl methyl sites for hydroxylation is 1. The van der Waals surface area contributed by atoms with Crippen molar-refractivity contribution in [2.75, 3.05) is 13.2 Å². The molecule has 0 N–H and O–H groups in total. The largest absolute Gasteiger partial charge is 0.465 e. The molecule has 0 aromatic heterocycles. The standard InChI is InChI=1S/C19H22O4/c1-3-16-9-11-18(12-10-16)23-15(2)21-13-14-22-19(20)17-7-5-4-6-8-17/h4-12,15H,3,13-14H2,1-2H3. The number of esters is 1. The number of carbonyl (C=O) groups excluding carboxylic acids is 1. The zero-order valence-electron chi connectivity index (χ0n) is 13.5. The SMILES string of the molecule is CCc1ccc(OC(C)OCCOC(=O)c2ccccc2)cc1. The third-order valence-electron chi connectivity index (χ3n) is 3.31. The summed E-state index contributed by atoms with van der Waals surface area (Å²) in [4.78, 5) is 11.7. The minimum absolute atomic E-state index is 0.191. The molecule has 2 rings (SSSR count). The first kappa shape index (κ1) is 17.0. The molecule has 0 saturated heterocycles. The molecule has 4 heteroatoms. The molecule has 122 valence electrons. The summed E-state index contributed by atoms with van der Waals surface area (Å²) >= 11 is 0. The number of hydrogen-bond donors (Lipinski definition) is 0. The Balaban J connectivity index is 1.66. The van der Waals surface area contributed by atoms with E-state index in [9.17, 15) is 4.79 Å². The Morgan fingerprint density at radius 3 is 2.35 bits per heavy atom. The van der Waals surface area contributed by atoms with Gasteiger partial charge in [-0.05, 0) is 43.2 Å². The van der Waals surface area contributed by atoms with E-state index < -0.39 is 6.29 Å². The van der Waals surface area contributed by atoms with Crippen molar-refractivity contribution in [2.24, 2.45) is 0 Å². The lowest BCUT2D eigenvalue weighted by Gasteiger charge is -2.15. The number of rotatable bonds is 8. The van der Waals surface area contributed by atoms with Gasteiger partial charge >= 0.3 is 5.97 Å². The van der Waals surface area contributed by atoms with Crippen LogP contribution in [-0.4, -0.2) is 25.5 Å². The van der Waals surface area contributed by atoms with Crippen LogP contribution in [0.25, 0.3) is 0 Å². The first-order valence-corrected chi connectivity index (χ1v) is 7.78. The van der Waals surface area contributed by atoms with Crippen LogP contribution < -0.4 is 4.74 Å². The molecular formula is C19H22O4. The maximum Gasteiger partial charge on any atom is 0.338 e. The van der Waals surface area contributed by atoms with Crippen molar-refractivity contribution in [3.63, 3.8) is 0 Å². The van der Waals surface area contributed by atoms with Gasteiger partial charge < -0.3 is 14.2 Å². The van der Waals surface area contributed by atoms with Crippen molar-refractivity contribution in [1.29, 1.82) is 0 Å². The molecule has 1 atom stereocenters. The normalized spacial score (nSPS) is 11.7. The van der Waals surface area contributed by atoms with Crippen molar-refractivity contribution in [3.05, 3.63) is 65.7 Å². The number of ether oxygens (including phenoxy) is 3. The summed E-state index contributed by atoms with van der Waals surface area (Å²) in [5.41, 5.74) is 1.80. The van der Waals surface area contributed by atoms with Crippen LogP contribution in [-0.2, 0) is 15.9 Å². The zero-order chi connectivity index (χ0) is 16.5. The molecule has 0 aliphatic carbocycles. The Kier molecular flexibility index (Phi) is 6.63. The van der Waals surface area contributed by atoms with E-state index in [-0.39, 0.29) is 19.2 Å². The van der Waals surface area contributed by atoms with Gasteiger partial charge in [-0.3, -0.25) is 0 Å². The third kappa shape index (κ3) is 5.75. The number of hydrogen-bond acceptors (Lipinski definition) is 4. The average Bonchev–Trinajstić information content (AvgIpc) is 2.60. The van der Waals surface area contributed by atoms with Gasteiger partial charge in [0.25, 0.3) is 0 Å². The summed E-state index contributed by atoms with van der Waals surface area (Å²) in [6.45, 7) is 4.40. The lowest BCUT2D eigenvalue weighted by atomic mass is 10.2. The van der Waals surface area contributed by atoms with E-state index in [0.29, 0.717) is 5.56 Å². The lowest BCUT2D eigenvalue weighted by molar-refractivity contribution is -0.0783. The van der Waals surface area contributed by atoms with Crippen LogP contribution in [0, 0.1) is 0 Å². The van der Waals surface area contributed by atoms with Crippen LogP contribution >= 0.6 is 0 Å². The molecule has 0 heterocycles. The fraction of sp³-hybridized carbons (Fsp3) is 0.316. The first-order valence-electron chi connectivity index (χ1n) is 7.78. The summed E-state index contributed by atoms with van der Waals surface area (Å²) in [6.07, 6.45) is 0.594. The van der Waals surface area contributed by atoms with E-state index in [4.69, 9.17) is 14.2 Å². The van der Waals surface area contributed by atoms with Gasteiger partial charge in [0.05, 0.1) is 12.2 Å². The third-order valence-corrected chi connectivity index (χ3v) is 3.31. The quantitative estimate of drug-likeness (QED) is 0.422. The van der Waals surface area contributed by atoms with Gasteiger partial charge in [0.1, 0.15) is 12.4 Å². The topological polar surface area (TPSA) is 44.8 Å². The van der Waals surface area contributed by atoms with Crippen LogP contribution in [0.3, 0.4) is 0 Å². The van der Waals surface area contributed by atoms with Gasteiger partial charge in [-0.25, -0.2) is 4.79 Å². The maximum absolute atomic E-state index is 11.7. The fourth-order valence-electron chi connectivity index (χ4n) is 2.04. The summed E-state index contributed by atoms with van der Waals surface area (Å²) in [7, 11) is 0. The lowest BCUT2D eigenvalue weighted by Crippen LogP contribution is -2.20. The van der Waals surface area contributed by atoms with Crippen LogP contribution in [0.5, 0.6) is 5.75 Å². The molecular weight excluding hydrogens is 292 g/mol. The Morgan fingerprint density at radius 1 is 1.00 bits per heavy atom. The Hall–Kier alpha value is -2.33. The average molecular weight is 314 g/mol. The second kappa shape index (κ2) is 8.96. The van der Waals surface area contributed by atoms with Crippen molar-refractivity contribution < 1.29 is 19.0 Å². The monoisotopic (exact) mass is 314 g/mol. The Bertz CT molecular complexity index is 593. The molecule has 0 aliphatic rings. The molecule has 0 spiro atoms. The van der Waals surface area contributed by atoms with Gasteiger partial charge in [0, 0.05) is 0 Å². The predicted octanol–water partition coefficient (Wildman–Crippen LogP) is 3.85. The maximum atomic E-state index is 11.7. The van der Waals surface area contributed by atoms with E-state index in [0.717, 1.165) is 12.2 Å². The summed E-state index contributed by atoms with van der Waals surface area (Å²) in [5, 5.41) is 0. The van der Waals surface area contributed by atoms with Gasteiger partial charge in [0.15, 0.2) is 6.29 Å². The van der Waals surface area contributed by atoms with Crippen molar-refractivity contribution >= 4 is 5.97 Å². The highest BCUT2D eigenvalue weighted by atomic mass is 16.7. The highest BCUT2D eigenvalue weighted by Gasteiger charge is 2.07. The van der Waals surface area contributed by atoms with Crippen molar-refractivity contribution in [2.45, 2.75) is 26.6 Å². The van der Waals surface area contributed by atoms with E-state index >= 15 is 0 Å². The minimum atomic E-state index is -0.405. The fourth-order valence-corrected chi connectivity index (χ4v) is 2.04. The molecule has 0 aliphatic heterocycles. The van der Waals surface area contributed by atoms with Gasteiger partial charge in [-0.2, -0.15) is 0 Å².